The average molecular weight is 354 g/mol. The second kappa shape index (κ2) is 4.74. The highest BCUT2D eigenvalue weighted by atomic mass is 16.3. The lowest BCUT2D eigenvalue weighted by molar-refractivity contribution is -0.269. The second-order valence-corrected chi connectivity index (χ2v) is 10.1. The minimum absolute atomic E-state index is 0.0915. The van der Waals surface area contributed by atoms with E-state index in [2.05, 4.69) is 56.9 Å². The van der Waals surface area contributed by atoms with E-state index in [1.165, 1.54) is 22.2 Å². The summed E-state index contributed by atoms with van der Waals surface area (Å²) in [5.74, 6) is 0.560. The zero-order valence-electron chi connectivity index (χ0n) is 16.4. The number of aromatic amines is 1. The van der Waals surface area contributed by atoms with Crippen molar-refractivity contribution in [3.05, 3.63) is 35.5 Å². The van der Waals surface area contributed by atoms with Gasteiger partial charge in [-0.1, -0.05) is 45.9 Å². The van der Waals surface area contributed by atoms with Crippen LogP contribution in [0.25, 0.3) is 10.9 Å². The van der Waals surface area contributed by atoms with Crippen molar-refractivity contribution in [3.63, 3.8) is 0 Å². The summed E-state index contributed by atoms with van der Waals surface area (Å²) in [5.41, 5.74) is 2.32. The van der Waals surface area contributed by atoms with E-state index in [0.29, 0.717) is 5.92 Å². The van der Waals surface area contributed by atoms with Gasteiger partial charge in [0.25, 0.3) is 0 Å². The molecule has 1 heterocycles. The predicted molar refractivity (Wildman–Crippen MR) is 104 cm³/mol. The topological polar surface area (TPSA) is 56.2 Å². The Kier molecular flexibility index (Phi) is 3.07. The average Bonchev–Trinajstić information content (AvgIpc) is 3.11. The van der Waals surface area contributed by atoms with Crippen molar-refractivity contribution in [2.24, 2.45) is 16.7 Å². The Bertz CT molecular complexity index is 899. The summed E-state index contributed by atoms with van der Waals surface area (Å²) in [6, 6.07) is 8.61. The van der Waals surface area contributed by atoms with Crippen LogP contribution in [0.3, 0.4) is 0 Å². The summed E-state index contributed by atoms with van der Waals surface area (Å²) in [4.78, 5) is 3.76. The summed E-state index contributed by atoms with van der Waals surface area (Å²) in [6.45, 7) is 8.82. The van der Waals surface area contributed by atoms with Crippen LogP contribution < -0.4 is 0 Å². The quantitative estimate of drug-likeness (QED) is 0.661. The normalized spacial score (nSPS) is 43.8. The standard InChI is InChI=1S/C23H31NO2/c1-20(2)18(25)10-11-21(3)22(4)14(9-12-23(20,21)26)13-16-15-7-5-6-8-17(15)24-19(16)22/h5-8,14,18,24-26H,9-13H2,1-4H3/t14-,18+,21+,22+,23+/m0/s1. The molecular formula is C23H31NO2. The van der Waals surface area contributed by atoms with Crippen molar-refractivity contribution in [1.82, 2.24) is 4.98 Å². The number of aliphatic hydroxyl groups is 2. The van der Waals surface area contributed by atoms with Gasteiger partial charge >= 0.3 is 0 Å². The highest BCUT2D eigenvalue weighted by Gasteiger charge is 2.72. The van der Waals surface area contributed by atoms with Gasteiger partial charge in [-0.3, -0.25) is 0 Å². The lowest BCUT2D eigenvalue weighted by atomic mass is 9.39. The van der Waals surface area contributed by atoms with Crippen molar-refractivity contribution in [2.45, 2.75) is 76.9 Å². The molecule has 3 aliphatic carbocycles. The zero-order valence-corrected chi connectivity index (χ0v) is 16.4. The Balaban J connectivity index is 1.76. The lowest BCUT2D eigenvalue weighted by Crippen LogP contribution is -2.72. The number of benzene rings is 1. The molecule has 3 nitrogen and oxygen atoms in total. The Hall–Kier alpha value is -1.32. The Morgan fingerprint density at radius 1 is 1.04 bits per heavy atom. The molecule has 5 rings (SSSR count). The zero-order chi connectivity index (χ0) is 18.5. The van der Waals surface area contributed by atoms with Gasteiger partial charge in [-0.25, -0.2) is 0 Å². The number of H-pyrrole nitrogens is 1. The van der Waals surface area contributed by atoms with Crippen LogP contribution in [0, 0.1) is 16.7 Å². The molecule has 3 heteroatoms. The molecule has 5 atom stereocenters. The summed E-state index contributed by atoms with van der Waals surface area (Å²) in [7, 11) is 0. The molecule has 26 heavy (non-hydrogen) atoms. The number of aromatic nitrogens is 1. The van der Waals surface area contributed by atoms with E-state index in [1.54, 1.807) is 0 Å². The third-order valence-corrected chi connectivity index (χ3v) is 9.33. The Morgan fingerprint density at radius 3 is 2.54 bits per heavy atom. The summed E-state index contributed by atoms with van der Waals surface area (Å²) >= 11 is 0. The number of hydrogen-bond acceptors (Lipinski definition) is 2. The van der Waals surface area contributed by atoms with Crippen LogP contribution in [0.4, 0.5) is 0 Å². The van der Waals surface area contributed by atoms with Crippen molar-refractivity contribution in [1.29, 1.82) is 0 Å². The predicted octanol–water partition coefficient (Wildman–Crippen LogP) is 4.31. The lowest BCUT2D eigenvalue weighted by Gasteiger charge is -2.68. The number of rotatable bonds is 0. The van der Waals surface area contributed by atoms with Gasteiger partial charge in [-0.2, -0.15) is 0 Å². The van der Waals surface area contributed by atoms with Crippen LogP contribution in [0.2, 0.25) is 0 Å². The van der Waals surface area contributed by atoms with Crippen LogP contribution in [-0.2, 0) is 11.8 Å². The maximum absolute atomic E-state index is 12.1. The smallest absolute Gasteiger partial charge is 0.0785 e. The molecule has 3 N–H and O–H groups in total. The van der Waals surface area contributed by atoms with Gasteiger partial charge in [0.15, 0.2) is 0 Å². The molecule has 2 saturated carbocycles. The molecule has 3 aliphatic rings. The molecule has 2 aromatic rings. The molecule has 0 amide bonds. The van der Waals surface area contributed by atoms with Gasteiger partial charge < -0.3 is 15.2 Å². The van der Waals surface area contributed by atoms with E-state index in [9.17, 15) is 10.2 Å². The van der Waals surface area contributed by atoms with Crippen molar-refractivity contribution in [2.75, 3.05) is 0 Å². The van der Waals surface area contributed by atoms with Gasteiger partial charge in [0.05, 0.1) is 11.7 Å². The largest absolute Gasteiger partial charge is 0.392 e. The molecule has 2 fully saturated rings. The molecule has 1 aromatic carbocycles. The number of fused-ring (bicyclic) bond motifs is 7. The molecule has 1 aromatic heterocycles. The fourth-order valence-electron chi connectivity index (χ4n) is 7.28. The number of hydrogen-bond donors (Lipinski definition) is 3. The molecule has 0 saturated heterocycles. The first-order chi connectivity index (χ1) is 12.2. The SMILES string of the molecule is CC1(C)[C@H](O)CC[C@]2(C)[C@@]3(C)c4[nH]c5ccccc5c4C[C@@H]3CC[C@@]12O. The van der Waals surface area contributed by atoms with Crippen LogP contribution in [0.1, 0.15) is 64.6 Å². The fraction of sp³-hybridized carbons (Fsp3) is 0.652. The van der Waals surface area contributed by atoms with E-state index < -0.39 is 17.1 Å². The molecule has 0 spiro atoms. The first-order valence-electron chi connectivity index (χ1n) is 10.2. The van der Waals surface area contributed by atoms with Crippen molar-refractivity contribution in [3.8, 4) is 0 Å². The second-order valence-electron chi connectivity index (χ2n) is 10.1. The maximum Gasteiger partial charge on any atom is 0.0785 e. The molecule has 140 valence electrons. The van der Waals surface area contributed by atoms with E-state index >= 15 is 0 Å². The van der Waals surface area contributed by atoms with Gasteiger partial charge in [0.1, 0.15) is 0 Å². The maximum atomic E-state index is 12.1. The monoisotopic (exact) mass is 353 g/mol. The summed E-state index contributed by atoms with van der Waals surface area (Å²) in [5, 5.41) is 24.2. The van der Waals surface area contributed by atoms with Crippen LogP contribution in [-0.4, -0.2) is 26.9 Å². The highest BCUT2D eigenvalue weighted by Crippen LogP contribution is 2.71. The summed E-state index contributed by atoms with van der Waals surface area (Å²) < 4.78 is 0. The van der Waals surface area contributed by atoms with Gasteiger partial charge in [-0.15, -0.1) is 0 Å². The third kappa shape index (κ3) is 1.56. The minimum atomic E-state index is -0.859. The van der Waals surface area contributed by atoms with E-state index in [0.717, 1.165) is 32.1 Å². The highest BCUT2D eigenvalue weighted by molar-refractivity contribution is 5.86. The number of aliphatic hydroxyl groups excluding tert-OH is 1. The van der Waals surface area contributed by atoms with Gasteiger partial charge in [0, 0.05) is 32.8 Å². The fourth-order valence-corrected chi connectivity index (χ4v) is 7.28. The molecule has 0 bridgehead atoms. The third-order valence-electron chi connectivity index (χ3n) is 9.33. The number of nitrogens with one attached hydrogen (secondary N) is 1. The van der Waals surface area contributed by atoms with Gasteiger partial charge in [0.2, 0.25) is 0 Å². The van der Waals surface area contributed by atoms with Crippen molar-refractivity contribution >= 4 is 10.9 Å². The Labute approximate surface area is 155 Å². The van der Waals surface area contributed by atoms with Crippen LogP contribution >= 0.6 is 0 Å². The Morgan fingerprint density at radius 2 is 1.77 bits per heavy atom. The minimum Gasteiger partial charge on any atom is -0.392 e. The molecule has 0 radical (unpaired) electrons. The first kappa shape index (κ1) is 16.8. The number of para-hydroxylation sites is 1. The van der Waals surface area contributed by atoms with Crippen LogP contribution in [0.5, 0.6) is 0 Å². The molecular weight excluding hydrogens is 322 g/mol. The molecule has 0 unspecified atom stereocenters. The first-order valence-corrected chi connectivity index (χ1v) is 10.2. The van der Waals surface area contributed by atoms with Gasteiger partial charge in [-0.05, 0) is 49.7 Å². The van der Waals surface area contributed by atoms with Crippen LogP contribution in [0.15, 0.2) is 24.3 Å². The van der Waals surface area contributed by atoms with E-state index in [1.807, 2.05) is 0 Å². The molecule has 0 aliphatic heterocycles. The van der Waals surface area contributed by atoms with E-state index in [-0.39, 0.29) is 10.8 Å². The van der Waals surface area contributed by atoms with E-state index in [4.69, 9.17) is 0 Å². The summed E-state index contributed by atoms with van der Waals surface area (Å²) in [6.07, 6.45) is 4.11. The van der Waals surface area contributed by atoms with Crippen molar-refractivity contribution < 1.29 is 10.2 Å².